The van der Waals surface area contributed by atoms with Gasteiger partial charge in [-0.25, -0.2) is 0 Å². The highest BCUT2D eigenvalue weighted by Gasteiger charge is 2.03. The van der Waals surface area contributed by atoms with E-state index in [-0.39, 0.29) is 0 Å². The normalized spacial score (nSPS) is 11.9. The highest BCUT2D eigenvalue weighted by atomic mass is 32.2. The molecule has 1 rings (SSSR count). The van der Waals surface area contributed by atoms with E-state index in [1.54, 1.807) is 0 Å². The summed E-state index contributed by atoms with van der Waals surface area (Å²) in [6, 6.07) is 10.4. The first kappa shape index (κ1) is 14.3. The van der Waals surface area contributed by atoms with Crippen LogP contribution in [0, 0.1) is 0 Å². The quantitative estimate of drug-likeness (QED) is 0.609. The molecule has 0 saturated heterocycles. The van der Waals surface area contributed by atoms with E-state index in [0.29, 0.717) is 11.2 Å². The van der Waals surface area contributed by atoms with Gasteiger partial charge in [0.25, 0.3) is 0 Å². The van der Waals surface area contributed by atoms with Gasteiger partial charge in [0.05, 0.1) is 0 Å². The minimum absolute atomic E-state index is 0.415. The van der Waals surface area contributed by atoms with Crippen molar-refractivity contribution in [2.45, 2.75) is 26.3 Å². The molecule has 0 bridgehead atoms. The van der Waals surface area contributed by atoms with Gasteiger partial charge >= 0.3 is 0 Å². The van der Waals surface area contributed by atoms with Gasteiger partial charge in [-0.3, -0.25) is 0 Å². The molecule has 1 unspecified atom stereocenters. The number of thiocarbonyl (C=S) groups is 1. The van der Waals surface area contributed by atoms with Crippen LogP contribution >= 0.6 is 24.0 Å². The first-order chi connectivity index (χ1) is 8.22. The molecule has 1 aromatic carbocycles. The average Bonchev–Trinajstić information content (AvgIpc) is 2.30. The number of anilines is 1. The highest BCUT2D eigenvalue weighted by Crippen LogP contribution is 2.06. The fourth-order valence-corrected chi connectivity index (χ4v) is 2.52. The van der Waals surface area contributed by atoms with E-state index in [2.05, 4.69) is 24.5 Å². The second-order valence-electron chi connectivity index (χ2n) is 3.85. The van der Waals surface area contributed by atoms with Crippen LogP contribution in [0.2, 0.25) is 0 Å². The molecular weight excluding hydrogens is 248 g/mol. The van der Waals surface area contributed by atoms with Crippen molar-refractivity contribution in [3.8, 4) is 0 Å². The van der Waals surface area contributed by atoms with Crippen molar-refractivity contribution in [2.75, 3.05) is 16.8 Å². The Morgan fingerprint density at radius 3 is 2.71 bits per heavy atom. The van der Waals surface area contributed by atoms with Gasteiger partial charge in [0, 0.05) is 11.7 Å². The summed E-state index contributed by atoms with van der Waals surface area (Å²) in [5.74, 6) is 2.36. The van der Waals surface area contributed by atoms with Crippen LogP contribution in [0.25, 0.3) is 0 Å². The molecule has 0 aliphatic rings. The van der Waals surface area contributed by atoms with Crippen molar-refractivity contribution >= 4 is 34.8 Å². The maximum atomic E-state index is 5.26. The lowest BCUT2D eigenvalue weighted by molar-refractivity contribution is 0.651. The fourth-order valence-electron chi connectivity index (χ4n) is 1.39. The smallest absolute Gasteiger partial charge is 0.170 e. The van der Waals surface area contributed by atoms with Crippen molar-refractivity contribution in [1.82, 2.24) is 5.32 Å². The SMILES string of the molecule is CCSCCC(C)NC(=S)Nc1ccccc1. The first-order valence-electron chi connectivity index (χ1n) is 5.92. The van der Waals surface area contributed by atoms with Crippen LogP contribution in [0.1, 0.15) is 20.3 Å². The summed E-state index contributed by atoms with van der Waals surface area (Å²) in [5, 5.41) is 7.17. The molecule has 94 valence electrons. The molecule has 0 aromatic heterocycles. The average molecular weight is 268 g/mol. The fraction of sp³-hybridized carbons (Fsp3) is 0.462. The van der Waals surface area contributed by atoms with Gasteiger partial charge in [0.1, 0.15) is 0 Å². The summed E-state index contributed by atoms with van der Waals surface area (Å²) < 4.78 is 0. The number of hydrogen-bond donors (Lipinski definition) is 2. The van der Waals surface area contributed by atoms with Gasteiger partial charge < -0.3 is 10.6 Å². The molecule has 2 N–H and O–H groups in total. The summed E-state index contributed by atoms with van der Waals surface area (Å²) in [6.45, 7) is 4.35. The van der Waals surface area contributed by atoms with Crippen molar-refractivity contribution in [1.29, 1.82) is 0 Å². The third-order valence-corrected chi connectivity index (χ3v) is 3.46. The lowest BCUT2D eigenvalue weighted by Crippen LogP contribution is -2.36. The highest BCUT2D eigenvalue weighted by molar-refractivity contribution is 7.99. The third kappa shape index (κ3) is 6.54. The number of para-hydroxylation sites is 1. The Balaban J connectivity index is 2.25. The Bertz CT molecular complexity index is 327. The van der Waals surface area contributed by atoms with Crippen molar-refractivity contribution in [2.24, 2.45) is 0 Å². The Hall–Kier alpha value is -0.740. The molecule has 0 heterocycles. The Morgan fingerprint density at radius 1 is 1.35 bits per heavy atom. The summed E-state index contributed by atoms with van der Waals surface area (Å²) in [7, 11) is 0. The van der Waals surface area contributed by atoms with Crippen LogP contribution in [0.15, 0.2) is 30.3 Å². The molecule has 1 aromatic rings. The first-order valence-corrected chi connectivity index (χ1v) is 7.49. The van der Waals surface area contributed by atoms with Crippen LogP contribution in [0.3, 0.4) is 0 Å². The maximum Gasteiger partial charge on any atom is 0.170 e. The number of thioether (sulfide) groups is 1. The lowest BCUT2D eigenvalue weighted by atomic mass is 10.3. The van der Waals surface area contributed by atoms with Gasteiger partial charge in [-0.05, 0) is 49.2 Å². The predicted octanol–water partition coefficient (Wildman–Crippen LogP) is 3.50. The zero-order valence-corrected chi connectivity index (χ0v) is 12.0. The minimum Gasteiger partial charge on any atom is -0.360 e. The Labute approximate surface area is 114 Å². The van der Waals surface area contributed by atoms with Gasteiger partial charge in [0.15, 0.2) is 5.11 Å². The molecule has 1 atom stereocenters. The Morgan fingerprint density at radius 2 is 2.06 bits per heavy atom. The summed E-state index contributed by atoms with van der Waals surface area (Å²) in [5.41, 5.74) is 1.03. The van der Waals surface area contributed by atoms with E-state index in [0.717, 1.165) is 12.1 Å². The molecular formula is C13H20N2S2. The minimum atomic E-state index is 0.415. The van der Waals surface area contributed by atoms with Gasteiger partial charge in [0.2, 0.25) is 0 Å². The predicted molar refractivity (Wildman–Crippen MR) is 82.9 cm³/mol. The van der Waals surface area contributed by atoms with E-state index >= 15 is 0 Å². The number of nitrogens with one attached hydrogen (secondary N) is 2. The van der Waals surface area contributed by atoms with Crippen molar-refractivity contribution < 1.29 is 0 Å². The molecule has 0 spiro atoms. The van der Waals surface area contributed by atoms with E-state index in [4.69, 9.17) is 12.2 Å². The van der Waals surface area contributed by atoms with Crippen LogP contribution in [0.5, 0.6) is 0 Å². The van der Waals surface area contributed by atoms with Crippen LogP contribution in [-0.4, -0.2) is 22.7 Å². The number of rotatable bonds is 6. The molecule has 4 heteroatoms. The maximum absolute atomic E-state index is 5.26. The molecule has 0 aliphatic heterocycles. The van der Waals surface area contributed by atoms with E-state index < -0.39 is 0 Å². The summed E-state index contributed by atoms with van der Waals surface area (Å²) >= 11 is 7.23. The van der Waals surface area contributed by atoms with Gasteiger partial charge in [-0.2, -0.15) is 11.8 Å². The van der Waals surface area contributed by atoms with E-state index in [1.165, 1.54) is 11.5 Å². The van der Waals surface area contributed by atoms with E-state index in [1.807, 2.05) is 42.1 Å². The summed E-state index contributed by atoms with van der Waals surface area (Å²) in [6.07, 6.45) is 1.13. The Kier molecular flexibility index (Phi) is 7.05. The molecule has 0 amide bonds. The molecule has 0 aliphatic carbocycles. The number of hydrogen-bond acceptors (Lipinski definition) is 2. The van der Waals surface area contributed by atoms with Crippen LogP contribution < -0.4 is 10.6 Å². The summed E-state index contributed by atoms with van der Waals surface area (Å²) in [4.78, 5) is 0. The molecule has 17 heavy (non-hydrogen) atoms. The van der Waals surface area contributed by atoms with Crippen molar-refractivity contribution in [3.63, 3.8) is 0 Å². The molecule has 2 nitrogen and oxygen atoms in total. The van der Waals surface area contributed by atoms with Gasteiger partial charge in [-0.15, -0.1) is 0 Å². The monoisotopic (exact) mass is 268 g/mol. The zero-order valence-electron chi connectivity index (χ0n) is 10.4. The van der Waals surface area contributed by atoms with Gasteiger partial charge in [-0.1, -0.05) is 25.1 Å². The zero-order chi connectivity index (χ0) is 12.5. The third-order valence-electron chi connectivity index (χ3n) is 2.31. The topological polar surface area (TPSA) is 24.1 Å². The van der Waals surface area contributed by atoms with Crippen LogP contribution in [-0.2, 0) is 0 Å². The number of benzene rings is 1. The molecule has 0 radical (unpaired) electrons. The molecule has 0 fully saturated rings. The molecule has 0 saturated carbocycles. The van der Waals surface area contributed by atoms with Crippen molar-refractivity contribution in [3.05, 3.63) is 30.3 Å². The second-order valence-corrected chi connectivity index (χ2v) is 5.65. The van der Waals surface area contributed by atoms with Crippen LogP contribution in [0.4, 0.5) is 5.69 Å². The second kappa shape index (κ2) is 8.37. The largest absolute Gasteiger partial charge is 0.360 e. The lowest BCUT2D eigenvalue weighted by Gasteiger charge is -2.16. The van der Waals surface area contributed by atoms with E-state index in [9.17, 15) is 0 Å². The standard InChI is InChI=1S/C13H20N2S2/c1-3-17-10-9-11(2)14-13(16)15-12-7-5-4-6-8-12/h4-8,11H,3,9-10H2,1-2H3,(H2,14,15,16).